The van der Waals surface area contributed by atoms with Crippen LogP contribution in [0.25, 0.3) is 0 Å². The Morgan fingerprint density at radius 2 is 1.94 bits per heavy atom. The van der Waals surface area contributed by atoms with E-state index in [1.165, 1.54) is 43.8 Å². The number of dihydropyridines is 1. The van der Waals surface area contributed by atoms with E-state index in [1.54, 1.807) is 13.0 Å². The average molecular weight is 456 g/mol. The normalized spacial score (nSPS) is 22.9. The van der Waals surface area contributed by atoms with Gasteiger partial charge in [-0.1, -0.05) is 18.2 Å². The Hall–Kier alpha value is -3.26. The lowest BCUT2D eigenvalue weighted by Gasteiger charge is -2.39. The van der Waals surface area contributed by atoms with Gasteiger partial charge in [-0.2, -0.15) is 0 Å². The van der Waals surface area contributed by atoms with Gasteiger partial charge in [0.2, 0.25) is 0 Å². The molecule has 2 aromatic rings. The van der Waals surface area contributed by atoms with Crippen molar-refractivity contribution in [2.75, 3.05) is 14.2 Å². The summed E-state index contributed by atoms with van der Waals surface area (Å²) in [5.74, 6) is -4.52. The highest BCUT2D eigenvalue weighted by Gasteiger charge is 2.49. The third-order valence-corrected chi connectivity index (χ3v) is 6.97. The second-order valence-electron chi connectivity index (χ2n) is 7.73. The summed E-state index contributed by atoms with van der Waals surface area (Å²) in [5, 5.41) is 5.09. The van der Waals surface area contributed by atoms with Gasteiger partial charge in [0.25, 0.3) is 0 Å². The Balaban J connectivity index is 1.92. The van der Waals surface area contributed by atoms with Crippen molar-refractivity contribution in [3.63, 3.8) is 0 Å². The molecule has 8 heteroatoms. The maximum Gasteiger partial charge on any atom is 0.336 e. The van der Waals surface area contributed by atoms with Crippen LogP contribution in [-0.4, -0.2) is 31.9 Å². The lowest BCUT2D eigenvalue weighted by Crippen LogP contribution is -2.43. The number of ether oxygens (including phenoxy) is 2. The summed E-state index contributed by atoms with van der Waals surface area (Å²) in [4.78, 5) is 40.2. The number of rotatable bonds is 4. The van der Waals surface area contributed by atoms with Gasteiger partial charge in [0, 0.05) is 33.7 Å². The molecular formula is C24H22FNO5S. The minimum Gasteiger partial charge on any atom is -0.468 e. The summed E-state index contributed by atoms with van der Waals surface area (Å²) < 4.78 is 24.1. The molecule has 3 atom stereocenters. The van der Waals surface area contributed by atoms with Crippen LogP contribution in [0.1, 0.15) is 35.6 Å². The van der Waals surface area contributed by atoms with Gasteiger partial charge in [0.05, 0.1) is 19.8 Å². The highest BCUT2D eigenvalue weighted by molar-refractivity contribution is 7.10. The van der Waals surface area contributed by atoms with Crippen LogP contribution in [0.2, 0.25) is 0 Å². The van der Waals surface area contributed by atoms with Gasteiger partial charge in [0.15, 0.2) is 5.78 Å². The van der Waals surface area contributed by atoms with Crippen molar-refractivity contribution in [1.82, 2.24) is 5.32 Å². The molecule has 0 bridgehead atoms. The maximum absolute atomic E-state index is 14.1. The molecule has 0 fully saturated rings. The van der Waals surface area contributed by atoms with E-state index in [2.05, 4.69) is 5.32 Å². The molecule has 0 spiro atoms. The predicted molar refractivity (Wildman–Crippen MR) is 116 cm³/mol. The lowest BCUT2D eigenvalue weighted by molar-refractivity contribution is -0.149. The first-order valence-electron chi connectivity index (χ1n) is 10.1. The fraction of sp³-hybridized carbons (Fsp3) is 0.292. The fourth-order valence-corrected chi connectivity index (χ4v) is 5.47. The molecule has 1 aromatic heterocycles. The van der Waals surface area contributed by atoms with Crippen LogP contribution in [0.4, 0.5) is 4.39 Å². The lowest BCUT2D eigenvalue weighted by atomic mass is 9.68. The fourth-order valence-electron chi connectivity index (χ4n) is 4.60. The van der Waals surface area contributed by atoms with Crippen molar-refractivity contribution in [2.24, 2.45) is 5.92 Å². The molecule has 2 heterocycles. The first-order valence-corrected chi connectivity index (χ1v) is 10.9. The predicted octanol–water partition coefficient (Wildman–Crippen LogP) is 3.82. The van der Waals surface area contributed by atoms with E-state index in [-0.39, 0.29) is 11.1 Å². The molecule has 2 aliphatic rings. The number of Topliss-reactive ketones (excluding diaryl/α,β-unsaturated/α-hetero) is 1. The molecule has 6 nitrogen and oxygen atoms in total. The van der Waals surface area contributed by atoms with Crippen molar-refractivity contribution < 1.29 is 28.2 Å². The number of nitrogens with one attached hydrogen (secondary N) is 1. The first-order chi connectivity index (χ1) is 15.4. The quantitative estimate of drug-likeness (QED) is 0.558. The number of hydrogen-bond donors (Lipinski definition) is 1. The molecule has 0 saturated heterocycles. The van der Waals surface area contributed by atoms with Gasteiger partial charge in [0.1, 0.15) is 11.7 Å². The minimum atomic E-state index is -1.06. The van der Waals surface area contributed by atoms with Crippen molar-refractivity contribution in [1.29, 1.82) is 0 Å². The highest BCUT2D eigenvalue weighted by Crippen LogP contribution is 2.48. The number of benzene rings is 1. The van der Waals surface area contributed by atoms with Gasteiger partial charge in [-0.15, -0.1) is 11.3 Å². The maximum atomic E-state index is 14.1. The first kappa shape index (κ1) is 22.0. The second kappa shape index (κ2) is 8.70. The third-order valence-electron chi connectivity index (χ3n) is 5.97. The van der Waals surface area contributed by atoms with Crippen LogP contribution >= 0.6 is 11.3 Å². The van der Waals surface area contributed by atoms with E-state index in [0.29, 0.717) is 23.4 Å². The molecular weight excluding hydrogens is 433 g/mol. The zero-order chi connectivity index (χ0) is 23.0. The van der Waals surface area contributed by atoms with E-state index in [9.17, 15) is 18.8 Å². The smallest absolute Gasteiger partial charge is 0.336 e. The summed E-state index contributed by atoms with van der Waals surface area (Å²) >= 11 is 1.47. The van der Waals surface area contributed by atoms with Crippen molar-refractivity contribution in [3.05, 3.63) is 80.6 Å². The highest BCUT2D eigenvalue weighted by atomic mass is 32.1. The largest absolute Gasteiger partial charge is 0.468 e. The van der Waals surface area contributed by atoms with Crippen molar-refractivity contribution in [3.8, 4) is 0 Å². The molecule has 1 aliphatic carbocycles. The Bertz CT molecular complexity index is 1150. The molecule has 0 radical (unpaired) electrons. The number of ketones is 1. The van der Waals surface area contributed by atoms with Gasteiger partial charge in [-0.3, -0.25) is 9.59 Å². The number of carbonyl (C=O) groups excluding carboxylic acids is 3. The van der Waals surface area contributed by atoms with E-state index >= 15 is 0 Å². The number of hydrogen-bond acceptors (Lipinski definition) is 7. The zero-order valence-electron chi connectivity index (χ0n) is 17.8. The van der Waals surface area contributed by atoms with Gasteiger partial charge in [-0.05, 0) is 42.5 Å². The third kappa shape index (κ3) is 3.64. The summed E-state index contributed by atoms with van der Waals surface area (Å²) in [7, 11) is 2.50. The van der Waals surface area contributed by atoms with Crippen LogP contribution in [0.15, 0.2) is 64.3 Å². The molecule has 0 saturated carbocycles. The molecule has 32 heavy (non-hydrogen) atoms. The summed E-state index contributed by atoms with van der Waals surface area (Å²) in [5.41, 5.74) is 2.06. The van der Waals surface area contributed by atoms with Gasteiger partial charge < -0.3 is 14.8 Å². The van der Waals surface area contributed by atoms with Crippen LogP contribution in [0, 0.1) is 11.7 Å². The number of carbonyl (C=O) groups is 3. The number of halogens is 1. The molecule has 4 rings (SSSR count). The van der Waals surface area contributed by atoms with Crippen molar-refractivity contribution in [2.45, 2.75) is 25.2 Å². The number of thiophene rings is 1. The van der Waals surface area contributed by atoms with E-state index in [1.807, 2.05) is 17.5 Å². The van der Waals surface area contributed by atoms with Crippen LogP contribution < -0.4 is 5.32 Å². The van der Waals surface area contributed by atoms with Crippen LogP contribution in [0.5, 0.6) is 0 Å². The Morgan fingerprint density at radius 1 is 1.16 bits per heavy atom. The molecule has 166 valence electrons. The Labute approximate surface area is 188 Å². The van der Waals surface area contributed by atoms with E-state index in [0.717, 1.165) is 4.88 Å². The summed E-state index contributed by atoms with van der Waals surface area (Å²) in [6.45, 7) is 1.72. The molecule has 1 N–H and O–H groups in total. The monoisotopic (exact) mass is 455 g/mol. The minimum absolute atomic E-state index is 0.211. The molecule has 1 aromatic carbocycles. The Kier molecular flexibility index (Phi) is 5.97. The van der Waals surface area contributed by atoms with Gasteiger partial charge in [-0.25, -0.2) is 9.18 Å². The van der Waals surface area contributed by atoms with Crippen LogP contribution in [-0.2, 0) is 23.9 Å². The topological polar surface area (TPSA) is 81.7 Å². The van der Waals surface area contributed by atoms with E-state index in [4.69, 9.17) is 9.47 Å². The Morgan fingerprint density at radius 3 is 2.56 bits per heavy atom. The molecule has 1 aliphatic heterocycles. The van der Waals surface area contributed by atoms with E-state index < -0.39 is 41.3 Å². The van der Waals surface area contributed by atoms with Crippen molar-refractivity contribution >= 4 is 29.1 Å². The molecule has 0 amide bonds. The second-order valence-corrected chi connectivity index (χ2v) is 8.71. The average Bonchev–Trinajstić information content (AvgIpc) is 3.32. The summed E-state index contributed by atoms with van der Waals surface area (Å²) in [6.07, 6.45) is 0.374. The van der Waals surface area contributed by atoms with Crippen LogP contribution in [0.3, 0.4) is 0 Å². The van der Waals surface area contributed by atoms with Gasteiger partial charge >= 0.3 is 11.9 Å². The number of esters is 2. The SMILES string of the molecule is COC(=O)C1=C(C)NC2=C(C(=O)[C@@H](C(=O)OC)[C@H](c3cccs3)C2)[C@@H]1c1cccc(F)c1. The molecule has 0 unspecified atom stereocenters. The zero-order valence-corrected chi connectivity index (χ0v) is 18.6. The number of allylic oxidation sites excluding steroid dienone is 3. The standard InChI is InChI=1S/C24H22FNO5S/c1-12-18(23(28)30-2)19(13-6-4-7-14(25)10-13)21-16(26-12)11-15(17-8-5-9-32-17)20(22(21)27)24(29)31-3/h4-10,15,19-20,26H,11H2,1-3H3/t15-,19+,20-/m0/s1. The summed E-state index contributed by atoms with van der Waals surface area (Å²) in [6, 6.07) is 9.53. The number of methoxy groups -OCH3 is 2.